The first-order valence-electron chi connectivity index (χ1n) is 7.57. The summed E-state index contributed by atoms with van der Waals surface area (Å²) in [6.07, 6.45) is 7.01. The lowest BCUT2D eigenvalue weighted by Gasteiger charge is -2.35. The molecule has 0 radical (unpaired) electrons. The number of nitrogens with zero attached hydrogens (tertiary/aromatic N) is 3. The van der Waals surface area contributed by atoms with E-state index in [0.29, 0.717) is 12.5 Å². The molecule has 1 fully saturated rings. The quantitative estimate of drug-likeness (QED) is 0.886. The maximum Gasteiger partial charge on any atom is 0.243 e. The second kappa shape index (κ2) is 5.93. The van der Waals surface area contributed by atoms with Crippen molar-refractivity contribution in [2.75, 3.05) is 11.9 Å². The molecule has 2 heterocycles. The van der Waals surface area contributed by atoms with E-state index in [-0.39, 0.29) is 0 Å². The van der Waals surface area contributed by atoms with Crippen molar-refractivity contribution in [1.29, 1.82) is 0 Å². The van der Waals surface area contributed by atoms with Crippen LogP contribution in [0.3, 0.4) is 0 Å². The van der Waals surface area contributed by atoms with Crippen LogP contribution in [-0.4, -0.2) is 31.9 Å². The van der Waals surface area contributed by atoms with Gasteiger partial charge in [-0.15, -0.1) is 5.10 Å². The summed E-state index contributed by atoms with van der Waals surface area (Å²) in [7, 11) is 0. The molecule has 1 saturated carbocycles. The highest BCUT2D eigenvalue weighted by atomic mass is 79.9. The summed E-state index contributed by atoms with van der Waals surface area (Å²) in [5, 5.41) is 18.2. The number of aromatic nitrogens is 3. The van der Waals surface area contributed by atoms with Crippen molar-refractivity contribution in [2.45, 2.75) is 44.6 Å². The molecular formula is C15H21BrN4O. The van der Waals surface area contributed by atoms with Gasteiger partial charge >= 0.3 is 0 Å². The second-order valence-corrected chi connectivity index (χ2v) is 6.84. The van der Waals surface area contributed by atoms with Crippen LogP contribution in [0.25, 0.3) is 5.65 Å². The molecule has 1 aliphatic carbocycles. The van der Waals surface area contributed by atoms with Crippen molar-refractivity contribution in [3.63, 3.8) is 0 Å². The summed E-state index contributed by atoms with van der Waals surface area (Å²) >= 11 is 3.46. The maximum atomic E-state index is 10.6. The molecule has 0 unspecified atom stereocenters. The van der Waals surface area contributed by atoms with Crippen LogP contribution in [0.4, 0.5) is 5.95 Å². The third kappa shape index (κ3) is 3.21. The zero-order valence-electron chi connectivity index (χ0n) is 12.2. The smallest absolute Gasteiger partial charge is 0.243 e. The zero-order valence-corrected chi connectivity index (χ0v) is 13.8. The van der Waals surface area contributed by atoms with Crippen LogP contribution in [0.2, 0.25) is 0 Å². The monoisotopic (exact) mass is 352 g/mol. The van der Waals surface area contributed by atoms with E-state index in [1.54, 1.807) is 4.52 Å². The van der Waals surface area contributed by atoms with E-state index in [0.717, 1.165) is 41.7 Å². The van der Waals surface area contributed by atoms with Gasteiger partial charge in [-0.25, -0.2) is 4.52 Å². The van der Waals surface area contributed by atoms with E-state index in [1.165, 1.54) is 6.42 Å². The van der Waals surface area contributed by atoms with Crippen LogP contribution in [0.1, 0.15) is 39.0 Å². The lowest BCUT2D eigenvalue weighted by atomic mass is 9.78. The van der Waals surface area contributed by atoms with Gasteiger partial charge in [-0.2, -0.15) is 4.98 Å². The van der Waals surface area contributed by atoms with Crippen LogP contribution in [0, 0.1) is 5.92 Å². The van der Waals surface area contributed by atoms with Crippen molar-refractivity contribution < 1.29 is 5.11 Å². The normalized spacial score (nSPS) is 26.1. The van der Waals surface area contributed by atoms with E-state index >= 15 is 0 Å². The standard InChI is InChI=1S/C15H21BrN4O/c1-2-11-5-7-15(21,8-6-11)10-17-14-18-13-12(16)4-3-9-20(13)19-14/h3-4,9,11,21H,2,5-8,10H2,1H3,(H,17,19). The van der Waals surface area contributed by atoms with Crippen LogP contribution >= 0.6 is 15.9 Å². The first kappa shape index (κ1) is 14.8. The highest BCUT2D eigenvalue weighted by Gasteiger charge is 2.32. The van der Waals surface area contributed by atoms with E-state index < -0.39 is 5.60 Å². The number of fused-ring (bicyclic) bond motifs is 1. The van der Waals surface area contributed by atoms with Crippen molar-refractivity contribution in [1.82, 2.24) is 14.6 Å². The lowest BCUT2D eigenvalue weighted by molar-refractivity contribution is 0.00216. The molecule has 2 N–H and O–H groups in total. The fraction of sp³-hybridized carbons (Fsp3) is 0.600. The Kier molecular flexibility index (Phi) is 4.17. The van der Waals surface area contributed by atoms with Crippen LogP contribution in [0.15, 0.2) is 22.8 Å². The van der Waals surface area contributed by atoms with Crippen LogP contribution in [-0.2, 0) is 0 Å². The third-order valence-corrected chi connectivity index (χ3v) is 5.12. The Morgan fingerprint density at radius 1 is 1.48 bits per heavy atom. The van der Waals surface area contributed by atoms with Crippen molar-refractivity contribution in [3.8, 4) is 0 Å². The SMILES string of the molecule is CCC1CCC(O)(CNc2nc3c(Br)cccn3n2)CC1. The molecule has 0 aliphatic heterocycles. The highest BCUT2D eigenvalue weighted by molar-refractivity contribution is 9.10. The Bertz CT molecular complexity index is 619. The van der Waals surface area contributed by atoms with Crippen molar-refractivity contribution >= 4 is 27.5 Å². The predicted molar refractivity (Wildman–Crippen MR) is 86.4 cm³/mol. The van der Waals surface area contributed by atoms with E-state index in [2.05, 4.69) is 38.3 Å². The summed E-state index contributed by atoms with van der Waals surface area (Å²) < 4.78 is 2.64. The number of hydrogen-bond acceptors (Lipinski definition) is 4. The molecule has 1 aliphatic rings. The first-order valence-corrected chi connectivity index (χ1v) is 8.36. The minimum atomic E-state index is -0.625. The van der Waals surface area contributed by atoms with Crippen molar-refractivity contribution in [2.24, 2.45) is 5.92 Å². The minimum Gasteiger partial charge on any atom is -0.388 e. The Balaban J connectivity index is 1.65. The Hall–Kier alpha value is -1.14. The molecule has 6 heteroatoms. The number of nitrogens with one attached hydrogen (secondary N) is 1. The number of halogens is 1. The van der Waals surface area contributed by atoms with Gasteiger partial charge in [-0.1, -0.05) is 13.3 Å². The average Bonchev–Trinajstić information content (AvgIpc) is 2.91. The summed E-state index contributed by atoms with van der Waals surface area (Å²) in [6.45, 7) is 2.74. The Labute approximate surface area is 132 Å². The number of rotatable bonds is 4. The molecule has 0 bridgehead atoms. The average molecular weight is 353 g/mol. The van der Waals surface area contributed by atoms with Crippen LogP contribution < -0.4 is 5.32 Å². The molecule has 2 aromatic rings. The molecule has 2 aromatic heterocycles. The van der Waals surface area contributed by atoms with E-state index in [9.17, 15) is 5.11 Å². The van der Waals surface area contributed by atoms with Gasteiger partial charge in [0.25, 0.3) is 0 Å². The molecular weight excluding hydrogens is 332 g/mol. The molecule has 5 nitrogen and oxygen atoms in total. The lowest BCUT2D eigenvalue weighted by Crippen LogP contribution is -2.40. The van der Waals surface area contributed by atoms with Gasteiger partial charge in [0.05, 0.1) is 10.1 Å². The summed E-state index contributed by atoms with van der Waals surface area (Å²) in [6, 6.07) is 3.85. The number of hydrogen-bond donors (Lipinski definition) is 2. The van der Waals surface area contributed by atoms with Crippen LogP contribution in [0.5, 0.6) is 0 Å². The van der Waals surface area contributed by atoms with Gasteiger partial charge in [-0.05, 0) is 59.7 Å². The number of pyridine rings is 1. The summed E-state index contributed by atoms with van der Waals surface area (Å²) in [5.41, 5.74) is 0.155. The van der Waals surface area contributed by atoms with E-state index in [4.69, 9.17) is 0 Å². The highest BCUT2D eigenvalue weighted by Crippen LogP contribution is 2.33. The molecule has 0 saturated heterocycles. The van der Waals surface area contributed by atoms with Gasteiger partial charge in [0, 0.05) is 12.7 Å². The van der Waals surface area contributed by atoms with E-state index in [1.807, 2.05) is 18.3 Å². The van der Waals surface area contributed by atoms with Gasteiger partial charge in [-0.3, -0.25) is 0 Å². The largest absolute Gasteiger partial charge is 0.388 e. The number of aliphatic hydroxyl groups is 1. The molecule has 3 rings (SSSR count). The maximum absolute atomic E-state index is 10.6. The predicted octanol–water partition coefficient (Wildman–Crippen LogP) is 3.24. The zero-order chi connectivity index (χ0) is 14.9. The molecule has 0 aromatic carbocycles. The number of anilines is 1. The van der Waals surface area contributed by atoms with Gasteiger partial charge in [0.1, 0.15) is 0 Å². The Morgan fingerprint density at radius 3 is 2.90 bits per heavy atom. The molecule has 0 atom stereocenters. The second-order valence-electron chi connectivity index (χ2n) is 5.99. The fourth-order valence-corrected chi connectivity index (χ4v) is 3.42. The van der Waals surface area contributed by atoms with Gasteiger partial charge in [0.2, 0.25) is 5.95 Å². The molecule has 0 spiro atoms. The minimum absolute atomic E-state index is 0.512. The molecule has 21 heavy (non-hydrogen) atoms. The summed E-state index contributed by atoms with van der Waals surface area (Å²) in [4.78, 5) is 4.44. The first-order chi connectivity index (χ1) is 10.1. The fourth-order valence-electron chi connectivity index (χ4n) is 2.99. The summed E-state index contributed by atoms with van der Waals surface area (Å²) in [5.74, 6) is 1.34. The van der Waals surface area contributed by atoms with Gasteiger partial charge in [0.15, 0.2) is 5.65 Å². The van der Waals surface area contributed by atoms with Crippen molar-refractivity contribution in [3.05, 3.63) is 22.8 Å². The molecule has 0 amide bonds. The molecule has 114 valence electrons. The Morgan fingerprint density at radius 2 is 2.24 bits per heavy atom. The van der Waals surface area contributed by atoms with Gasteiger partial charge < -0.3 is 10.4 Å². The third-order valence-electron chi connectivity index (χ3n) is 4.50. The topological polar surface area (TPSA) is 62.5 Å².